The van der Waals surface area contributed by atoms with Crippen molar-refractivity contribution in [2.75, 3.05) is 5.32 Å². The van der Waals surface area contributed by atoms with Crippen molar-refractivity contribution in [1.29, 1.82) is 5.26 Å². The van der Waals surface area contributed by atoms with E-state index in [1.807, 2.05) is 19.9 Å². The van der Waals surface area contributed by atoms with Crippen molar-refractivity contribution in [2.45, 2.75) is 19.9 Å². The fourth-order valence-electron chi connectivity index (χ4n) is 1.22. The minimum Gasteiger partial charge on any atom is -0.325 e. The zero-order chi connectivity index (χ0) is 13.0. The summed E-state index contributed by atoms with van der Waals surface area (Å²) >= 11 is 5.79. The lowest BCUT2D eigenvalue weighted by molar-refractivity contribution is -0.118. The molecule has 0 spiro atoms. The lowest BCUT2D eigenvalue weighted by Gasteiger charge is -2.15. The van der Waals surface area contributed by atoms with Gasteiger partial charge in [-0.3, -0.25) is 4.79 Å². The Morgan fingerprint density at radius 3 is 2.71 bits per heavy atom. The van der Waals surface area contributed by atoms with E-state index < -0.39 is 6.04 Å². The molecule has 0 fully saturated rings. The van der Waals surface area contributed by atoms with Gasteiger partial charge in [0.15, 0.2) is 0 Å². The predicted octanol–water partition coefficient (Wildman–Crippen LogP) is 2.13. The molecule has 1 amide bonds. The van der Waals surface area contributed by atoms with Crippen molar-refractivity contribution in [3.8, 4) is 6.07 Å². The van der Waals surface area contributed by atoms with Gasteiger partial charge in [0.1, 0.15) is 6.07 Å². The molecule has 1 rings (SSSR count). The van der Waals surface area contributed by atoms with Crippen molar-refractivity contribution < 1.29 is 4.79 Å². The topological polar surface area (TPSA) is 78.9 Å². The molecule has 0 aliphatic rings. The Balaban J connectivity index is 2.83. The maximum absolute atomic E-state index is 11.7. The highest BCUT2D eigenvalue weighted by atomic mass is 35.5. The lowest BCUT2D eigenvalue weighted by atomic mass is 10.0. The van der Waals surface area contributed by atoms with E-state index in [0.717, 1.165) is 0 Å². The molecule has 4 nitrogen and oxygen atoms in total. The summed E-state index contributed by atoms with van der Waals surface area (Å²) in [5.74, 6) is -0.219. The second kappa shape index (κ2) is 5.67. The first-order valence-corrected chi connectivity index (χ1v) is 5.59. The van der Waals surface area contributed by atoms with Crippen LogP contribution in [0.1, 0.15) is 19.4 Å². The number of carbonyl (C=O) groups is 1. The van der Waals surface area contributed by atoms with E-state index in [-0.39, 0.29) is 11.8 Å². The third kappa shape index (κ3) is 3.45. The second-order valence-electron chi connectivity index (χ2n) is 4.07. The van der Waals surface area contributed by atoms with E-state index in [1.165, 1.54) is 6.07 Å². The average molecular weight is 252 g/mol. The molecule has 0 heterocycles. The van der Waals surface area contributed by atoms with Gasteiger partial charge in [-0.15, -0.1) is 0 Å². The number of nitrogens with zero attached hydrogens (tertiary/aromatic N) is 1. The molecular weight excluding hydrogens is 238 g/mol. The highest BCUT2D eigenvalue weighted by Gasteiger charge is 2.17. The van der Waals surface area contributed by atoms with Gasteiger partial charge < -0.3 is 11.1 Å². The molecule has 17 heavy (non-hydrogen) atoms. The molecule has 0 saturated carbocycles. The summed E-state index contributed by atoms with van der Waals surface area (Å²) in [6, 6.07) is 6.09. The number of hydrogen-bond acceptors (Lipinski definition) is 3. The summed E-state index contributed by atoms with van der Waals surface area (Å²) in [6.07, 6.45) is 0. The average Bonchev–Trinajstić information content (AvgIpc) is 2.30. The maximum atomic E-state index is 11.7. The maximum Gasteiger partial charge on any atom is 0.241 e. The molecule has 90 valence electrons. The number of nitrogens with two attached hydrogens (primary N) is 1. The van der Waals surface area contributed by atoms with Gasteiger partial charge in [0.25, 0.3) is 0 Å². The quantitative estimate of drug-likeness (QED) is 0.864. The van der Waals surface area contributed by atoms with Gasteiger partial charge in [0, 0.05) is 5.69 Å². The van der Waals surface area contributed by atoms with Gasteiger partial charge in [-0.05, 0) is 24.1 Å². The second-order valence-corrected chi connectivity index (χ2v) is 4.47. The van der Waals surface area contributed by atoms with Crippen LogP contribution in [0.4, 0.5) is 5.69 Å². The van der Waals surface area contributed by atoms with Gasteiger partial charge >= 0.3 is 0 Å². The number of benzene rings is 1. The first-order chi connectivity index (χ1) is 7.95. The normalized spacial score (nSPS) is 12.0. The van der Waals surface area contributed by atoms with Gasteiger partial charge in [-0.2, -0.15) is 5.26 Å². The Kier molecular flexibility index (Phi) is 4.50. The summed E-state index contributed by atoms with van der Waals surface area (Å²) < 4.78 is 0. The Morgan fingerprint density at radius 2 is 2.18 bits per heavy atom. The zero-order valence-corrected chi connectivity index (χ0v) is 10.5. The van der Waals surface area contributed by atoms with Crippen LogP contribution in [-0.4, -0.2) is 11.9 Å². The minimum atomic E-state index is -0.573. The number of hydrogen-bond donors (Lipinski definition) is 2. The van der Waals surface area contributed by atoms with Crippen LogP contribution in [-0.2, 0) is 4.79 Å². The number of carbonyl (C=O) groups excluding carboxylic acids is 1. The number of halogens is 1. The van der Waals surface area contributed by atoms with Crippen molar-refractivity contribution in [1.82, 2.24) is 0 Å². The van der Waals surface area contributed by atoms with Crippen molar-refractivity contribution in [3.05, 3.63) is 28.8 Å². The Hall–Kier alpha value is -1.57. The van der Waals surface area contributed by atoms with Crippen molar-refractivity contribution in [2.24, 2.45) is 11.7 Å². The molecule has 5 heteroatoms. The predicted molar refractivity (Wildman–Crippen MR) is 67.6 cm³/mol. The fourth-order valence-corrected chi connectivity index (χ4v) is 1.38. The monoisotopic (exact) mass is 251 g/mol. The molecule has 3 N–H and O–H groups in total. The summed E-state index contributed by atoms with van der Waals surface area (Å²) in [5.41, 5.74) is 6.55. The first-order valence-electron chi connectivity index (χ1n) is 5.21. The smallest absolute Gasteiger partial charge is 0.241 e. The van der Waals surface area contributed by atoms with Crippen LogP contribution in [0.15, 0.2) is 18.2 Å². The zero-order valence-electron chi connectivity index (χ0n) is 9.70. The number of amides is 1. The van der Waals surface area contributed by atoms with Crippen LogP contribution in [0.5, 0.6) is 0 Å². The summed E-state index contributed by atoms with van der Waals surface area (Å²) in [6.45, 7) is 3.74. The van der Waals surface area contributed by atoms with Crippen LogP contribution < -0.4 is 11.1 Å². The molecule has 1 aromatic rings. The van der Waals surface area contributed by atoms with Crippen molar-refractivity contribution >= 4 is 23.2 Å². The molecule has 0 saturated heterocycles. The molecule has 0 aliphatic carbocycles. The van der Waals surface area contributed by atoms with E-state index in [1.54, 1.807) is 12.1 Å². The SMILES string of the molecule is CC(C)[C@H](N)C(=O)Nc1ccc(Cl)c(C#N)c1. The lowest BCUT2D eigenvalue weighted by Crippen LogP contribution is -2.39. The van der Waals surface area contributed by atoms with E-state index in [9.17, 15) is 4.79 Å². The van der Waals surface area contributed by atoms with Gasteiger partial charge in [-0.25, -0.2) is 0 Å². The van der Waals surface area contributed by atoms with E-state index in [2.05, 4.69) is 5.32 Å². The van der Waals surface area contributed by atoms with Crippen molar-refractivity contribution in [3.63, 3.8) is 0 Å². The summed E-state index contributed by atoms with van der Waals surface area (Å²) in [4.78, 5) is 11.7. The number of nitriles is 1. The van der Waals surface area contributed by atoms with E-state index in [0.29, 0.717) is 16.3 Å². The number of anilines is 1. The molecule has 0 bridgehead atoms. The minimum absolute atomic E-state index is 0.0535. The van der Waals surface area contributed by atoms with E-state index >= 15 is 0 Å². The third-order valence-electron chi connectivity index (χ3n) is 2.38. The standard InChI is InChI=1S/C12H14ClN3O/c1-7(2)11(15)12(17)16-9-3-4-10(13)8(5-9)6-14/h3-5,7,11H,15H2,1-2H3,(H,16,17)/t11-/m0/s1. The van der Waals surface area contributed by atoms with Crippen LogP contribution in [0.25, 0.3) is 0 Å². The van der Waals surface area contributed by atoms with Crippen LogP contribution in [0.3, 0.4) is 0 Å². The Bertz CT molecular complexity index is 465. The van der Waals surface area contributed by atoms with Crippen LogP contribution in [0.2, 0.25) is 5.02 Å². The van der Waals surface area contributed by atoms with Gasteiger partial charge in [-0.1, -0.05) is 25.4 Å². The van der Waals surface area contributed by atoms with Gasteiger partial charge in [0.2, 0.25) is 5.91 Å². The van der Waals surface area contributed by atoms with E-state index in [4.69, 9.17) is 22.6 Å². The summed E-state index contributed by atoms with van der Waals surface area (Å²) in [5, 5.41) is 11.8. The largest absolute Gasteiger partial charge is 0.325 e. The fraction of sp³-hybridized carbons (Fsp3) is 0.333. The third-order valence-corrected chi connectivity index (χ3v) is 2.70. The molecular formula is C12H14ClN3O. The summed E-state index contributed by atoms with van der Waals surface area (Å²) in [7, 11) is 0. The Morgan fingerprint density at radius 1 is 1.53 bits per heavy atom. The molecule has 0 radical (unpaired) electrons. The van der Waals surface area contributed by atoms with Crippen LogP contribution in [0, 0.1) is 17.2 Å². The molecule has 0 unspecified atom stereocenters. The highest BCUT2D eigenvalue weighted by molar-refractivity contribution is 6.31. The van der Waals surface area contributed by atoms with Crippen LogP contribution >= 0.6 is 11.6 Å². The number of rotatable bonds is 3. The van der Waals surface area contributed by atoms with Gasteiger partial charge in [0.05, 0.1) is 16.6 Å². The Labute approximate surface area is 105 Å². The molecule has 1 atom stereocenters. The molecule has 0 aromatic heterocycles. The molecule has 1 aromatic carbocycles. The number of nitrogens with one attached hydrogen (secondary N) is 1. The highest BCUT2D eigenvalue weighted by Crippen LogP contribution is 2.19. The molecule has 0 aliphatic heterocycles. The first kappa shape index (κ1) is 13.5.